The highest BCUT2D eigenvalue weighted by Crippen LogP contribution is 2.33. The first-order chi connectivity index (χ1) is 13.7. The predicted molar refractivity (Wildman–Crippen MR) is 109 cm³/mol. The summed E-state index contributed by atoms with van der Waals surface area (Å²) in [5, 5.41) is 2.35. The van der Waals surface area contributed by atoms with Crippen LogP contribution in [0.2, 0.25) is 19.6 Å². The fourth-order valence-corrected chi connectivity index (χ4v) is 4.28. The van der Waals surface area contributed by atoms with E-state index in [2.05, 4.69) is 34.9 Å². The Morgan fingerprint density at radius 1 is 1.31 bits per heavy atom. The van der Waals surface area contributed by atoms with Crippen molar-refractivity contribution in [2.24, 2.45) is 0 Å². The van der Waals surface area contributed by atoms with E-state index < -0.39 is 26.3 Å². The van der Waals surface area contributed by atoms with Crippen molar-refractivity contribution in [2.75, 3.05) is 5.32 Å². The monoisotopic (exact) mass is 418 g/mol. The Kier molecular flexibility index (Phi) is 6.45. The Hall–Kier alpha value is -2.56. The van der Waals surface area contributed by atoms with Crippen LogP contribution in [0.4, 0.5) is 10.7 Å². The lowest BCUT2D eigenvalue weighted by atomic mass is 10.1. The number of nitrogens with zero attached hydrogens (tertiary/aromatic N) is 3. The molecule has 1 aromatic carbocycles. The third-order valence-electron chi connectivity index (χ3n) is 4.29. The molecule has 1 N–H and O–H groups in total. The van der Waals surface area contributed by atoms with Crippen LogP contribution in [0.1, 0.15) is 26.0 Å². The van der Waals surface area contributed by atoms with E-state index in [9.17, 15) is 9.59 Å². The quantitative estimate of drug-likeness (QED) is 0.718. The van der Waals surface area contributed by atoms with Gasteiger partial charge in [-0.2, -0.15) is 4.98 Å². The van der Waals surface area contributed by atoms with Crippen molar-refractivity contribution in [1.29, 1.82) is 0 Å². The number of rotatable bonds is 6. The molecular weight excluding hydrogens is 392 g/mol. The van der Waals surface area contributed by atoms with Gasteiger partial charge < -0.3 is 13.9 Å². The fraction of sp³-hybridized carbons (Fsp3) is 0.474. The highest BCUT2D eigenvalue weighted by Gasteiger charge is 2.38. The minimum absolute atomic E-state index is 0.0674. The number of amides is 1. The van der Waals surface area contributed by atoms with Gasteiger partial charge in [-0.05, 0) is 38.2 Å². The number of carbonyl (C=O) groups excluding carboxylic acids is 1. The van der Waals surface area contributed by atoms with Gasteiger partial charge in [-0.15, -0.1) is 0 Å². The van der Waals surface area contributed by atoms with Crippen molar-refractivity contribution in [2.45, 2.75) is 57.8 Å². The standard InChI is InChI=1S/C19H26N4O5Si/c1-5-14-15(28-29(2,3)4)11-16(27-14)23-12-20-17(21-18(23)24)22-19(25)26-13-9-7-6-8-10-13/h6-10,12,14-16H,5,11H2,1-4H3,(H,21,22,24,25)/t14-,15-,16-/m1/s1. The van der Waals surface area contributed by atoms with Crippen molar-refractivity contribution in [3.8, 4) is 5.75 Å². The van der Waals surface area contributed by atoms with E-state index in [1.54, 1.807) is 30.3 Å². The summed E-state index contributed by atoms with van der Waals surface area (Å²) in [4.78, 5) is 32.3. The van der Waals surface area contributed by atoms with Gasteiger partial charge in [0.15, 0.2) is 8.32 Å². The molecule has 0 unspecified atom stereocenters. The first-order valence-electron chi connectivity index (χ1n) is 9.57. The molecule has 1 aromatic heterocycles. The molecule has 10 heteroatoms. The first kappa shape index (κ1) is 21.2. The summed E-state index contributed by atoms with van der Waals surface area (Å²) in [6.07, 6.45) is 1.22. The maximum Gasteiger partial charge on any atom is 0.419 e. The summed E-state index contributed by atoms with van der Waals surface area (Å²) in [6.45, 7) is 8.39. The molecule has 1 saturated heterocycles. The Bertz CT molecular complexity index is 899. The van der Waals surface area contributed by atoms with Gasteiger partial charge in [-0.1, -0.05) is 25.1 Å². The molecule has 29 heavy (non-hydrogen) atoms. The minimum atomic E-state index is -1.74. The number of hydrogen-bond donors (Lipinski definition) is 1. The molecule has 2 aromatic rings. The molecule has 1 aliphatic heterocycles. The molecule has 3 rings (SSSR count). The van der Waals surface area contributed by atoms with E-state index in [0.29, 0.717) is 12.2 Å². The van der Waals surface area contributed by atoms with E-state index in [4.69, 9.17) is 13.9 Å². The third-order valence-corrected chi connectivity index (χ3v) is 5.30. The van der Waals surface area contributed by atoms with Crippen molar-refractivity contribution in [3.63, 3.8) is 0 Å². The number of nitrogens with one attached hydrogen (secondary N) is 1. The van der Waals surface area contributed by atoms with Gasteiger partial charge in [0, 0.05) is 6.42 Å². The SMILES string of the molecule is CC[C@H]1O[C@@H](n2cnc(NC(=O)Oc3ccccc3)nc2=O)C[C@H]1O[Si](C)(C)C. The Morgan fingerprint density at radius 3 is 2.66 bits per heavy atom. The van der Waals surface area contributed by atoms with Crippen LogP contribution in [-0.4, -0.2) is 41.2 Å². The van der Waals surface area contributed by atoms with Crippen LogP contribution in [0.5, 0.6) is 5.75 Å². The lowest BCUT2D eigenvalue weighted by Crippen LogP contribution is -2.36. The van der Waals surface area contributed by atoms with Crippen LogP contribution < -0.4 is 15.7 Å². The average Bonchev–Trinajstić information content (AvgIpc) is 3.03. The summed E-state index contributed by atoms with van der Waals surface area (Å²) in [5.74, 6) is 0.240. The van der Waals surface area contributed by atoms with Gasteiger partial charge in [0.05, 0.1) is 12.2 Å². The summed E-state index contributed by atoms with van der Waals surface area (Å²) in [7, 11) is -1.74. The average molecular weight is 419 g/mol. The molecule has 0 bridgehead atoms. The molecule has 156 valence electrons. The number of carbonyl (C=O) groups is 1. The summed E-state index contributed by atoms with van der Waals surface area (Å²) >= 11 is 0. The number of benzene rings is 1. The zero-order chi connectivity index (χ0) is 21.0. The second-order valence-electron chi connectivity index (χ2n) is 7.74. The van der Waals surface area contributed by atoms with E-state index >= 15 is 0 Å². The topological polar surface area (TPSA) is 105 Å². The summed E-state index contributed by atoms with van der Waals surface area (Å²) in [5.41, 5.74) is -0.566. The second-order valence-corrected chi connectivity index (χ2v) is 12.2. The number of anilines is 1. The second kappa shape index (κ2) is 8.85. The molecule has 2 heterocycles. The minimum Gasteiger partial charge on any atom is -0.412 e. The number of aromatic nitrogens is 3. The highest BCUT2D eigenvalue weighted by molar-refractivity contribution is 6.69. The van der Waals surface area contributed by atoms with Crippen molar-refractivity contribution < 1.29 is 18.7 Å². The number of hydrogen-bond acceptors (Lipinski definition) is 7. The molecule has 0 aliphatic carbocycles. The number of ether oxygens (including phenoxy) is 2. The molecule has 9 nitrogen and oxygen atoms in total. The smallest absolute Gasteiger partial charge is 0.412 e. The van der Waals surface area contributed by atoms with Crippen molar-refractivity contribution in [3.05, 3.63) is 47.1 Å². The third kappa shape index (κ3) is 5.72. The normalized spacial score (nSPS) is 21.7. The van der Waals surface area contributed by atoms with Gasteiger partial charge >= 0.3 is 11.8 Å². The largest absolute Gasteiger partial charge is 0.419 e. The summed E-state index contributed by atoms with van der Waals surface area (Å²) < 4.78 is 18.6. The van der Waals surface area contributed by atoms with Gasteiger partial charge in [0.2, 0.25) is 5.95 Å². The summed E-state index contributed by atoms with van der Waals surface area (Å²) in [6, 6.07) is 8.56. The van der Waals surface area contributed by atoms with E-state index in [1.165, 1.54) is 10.9 Å². The predicted octanol–water partition coefficient (Wildman–Crippen LogP) is 3.17. The molecular formula is C19H26N4O5Si. The molecule has 0 saturated carbocycles. The Morgan fingerprint density at radius 2 is 2.03 bits per heavy atom. The molecule has 1 fully saturated rings. The van der Waals surface area contributed by atoms with Gasteiger partial charge in [0.25, 0.3) is 0 Å². The van der Waals surface area contributed by atoms with Crippen LogP contribution in [0.25, 0.3) is 0 Å². The molecule has 0 spiro atoms. The Labute approximate surface area is 170 Å². The van der Waals surface area contributed by atoms with E-state index in [1.807, 2.05) is 6.92 Å². The van der Waals surface area contributed by atoms with Crippen LogP contribution in [0, 0.1) is 0 Å². The Balaban J connectivity index is 1.66. The van der Waals surface area contributed by atoms with Gasteiger partial charge in [0.1, 0.15) is 18.3 Å². The lowest BCUT2D eigenvalue weighted by molar-refractivity contribution is -0.0194. The van der Waals surface area contributed by atoms with Crippen molar-refractivity contribution >= 4 is 20.4 Å². The molecule has 3 atom stereocenters. The molecule has 1 aliphatic rings. The maximum atomic E-state index is 12.5. The lowest BCUT2D eigenvalue weighted by Gasteiger charge is -2.25. The molecule has 1 amide bonds. The van der Waals surface area contributed by atoms with Crippen LogP contribution in [0.15, 0.2) is 41.5 Å². The van der Waals surface area contributed by atoms with E-state index in [0.717, 1.165) is 6.42 Å². The molecule has 0 radical (unpaired) electrons. The first-order valence-corrected chi connectivity index (χ1v) is 13.0. The van der Waals surface area contributed by atoms with Crippen LogP contribution in [-0.2, 0) is 9.16 Å². The fourth-order valence-electron chi connectivity index (χ4n) is 3.13. The van der Waals surface area contributed by atoms with Gasteiger partial charge in [-0.3, -0.25) is 9.88 Å². The zero-order valence-electron chi connectivity index (χ0n) is 17.0. The highest BCUT2D eigenvalue weighted by atomic mass is 28.4. The zero-order valence-corrected chi connectivity index (χ0v) is 18.0. The number of para-hydroxylation sites is 1. The van der Waals surface area contributed by atoms with Crippen molar-refractivity contribution in [1.82, 2.24) is 14.5 Å². The maximum absolute atomic E-state index is 12.5. The van der Waals surface area contributed by atoms with Crippen LogP contribution >= 0.6 is 0 Å². The van der Waals surface area contributed by atoms with Crippen LogP contribution in [0.3, 0.4) is 0 Å². The van der Waals surface area contributed by atoms with Gasteiger partial charge in [-0.25, -0.2) is 14.6 Å². The van der Waals surface area contributed by atoms with E-state index in [-0.39, 0.29) is 18.2 Å².